The molecule has 1 aromatic heterocycles. The van der Waals surface area contributed by atoms with Gasteiger partial charge in [0.25, 0.3) is 11.5 Å². The van der Waals surface area contributed by atoms with Crippen LogP contribution in [-0.2, 0) is 14.3 Å². The summed E-state index contributed by atoms with van der Waals surface area (Å²) in [6, 6.07) is 15.9. The summed E-state index contributed by atoms with van der Waals surface area (Å²) in [6.07, 6.45) is 0.495. The van der Waals surface area contributed by atoms with E-state index in [-0.39, 0.29) is 11.5 Å². The molecule has 0 saturated carbocycles. The average Bonchev–Trinajstić information content (AvgIpc) is 3.32. The largest absolute Gasteiger partial charge is 0.466 e. The second-order valence-corrected chi connectivity index (χ2v) is 8.37. The summed E-state index contributed by atoms with van der Waals surface area (Å²) < 4.78 is 6.86. The molecular formula is C24H19N3O4S. The second kappa shape index (κ2) is 7.72. The van der Waals surface area contributed by atoms with E-state index in [4.69, 9.17) is 4.74 Å². The number of para-hydroxylation sites is 1. The molecule has 0 unspecified atom stereocenters. The molecule has 3 heterocycles. The van der Waals surface area contributed by atoms with Crippen LogP contribution in [-0.4, -0.2) is 23.6 Å². The van der Waals surface area contributed by atoms with E-state index in [9.17, 15) is 14.4 Å². The number of aromatic nitrogens is 1. The molecule has 160 valence electrons. The average molecular weight is 446 g/mol. The van der Waals surface area contributed by atoms with E-state index in [2.05, 4.69) is 10.3 Å². The van der Waals surface area contributed by atoms with Crippen molar-refractivity contribution in [2.45, 2.75) is 19.4 Å². The van der Waals surface area contributed by atoms with Crippen LogP contribution in [0.25, 0.3) is 5.57 Å². The standard InChI is InChI=1S/C24H19N3O4S/c1-3-15-18(23(30)31-2)19(13-9-5-4-6-10-13)27-22(29)20(32-24(27)26-15)17-14-11-7-8-12-16(14)25-21(17)28/h4-12,19H,3H2,1-2H3,(H,25,28)/b20-17-/t19-/m1/s1. The Morgan fingerprint density at radius 2 is 1.84 bits per heavy atom. The number of hydrogen-bond acceptors (Lipinski definition) is 6. The van der Waals surface area contributed by atoms with Gasteiger partial charge < -0.3 is 10.1 Å². The highest BCUT2D eigenvalue weighted by molar-refractivity contribution is 7.07. The van der Waals surface area contributed by atoms with Crippen molar-refractivity contribution >= 4 is 34.5 Å². The predicted molar refractivity (Wildman–Crippen MR) is 121 cm³/mol. The number of allylic oxidation sites excluding steroid dienone is 1. The molecule has 0 bridgehead atoms. The summed E-state index contributed by atoms with van der Waals surface area (Å²) in [5.74, 6) is -0.850. The molecule has 0 fully saturated rings. The van der Waals surface area contributed by atoms with Crippen molar-refractivity contribution in [1.82, 2.24) is 4.57 Å². The number of methoxy groups -OCH3 is 1. The number of carbonyl (C=O) groups is 2. The van der Waals surface area contributed by atoms with Crippen LogP contribution in [0.15, 0.2) is 75.7 Å². The summed E-state index contributed by atoms with van der Waals surface area (Å²) in [7, 11) is 1.32. The lowest BCUT2D eigenvalue weighted by molar-refractivity contribution is -0.136. The van der Waals surface area contributed by atoms with E-state index in [1.54, 1.807) is 6.07 Å². The number of fused-ring (bicyclic) bond motifs is 2. The fourth-order valence-electron chi connectivity index (χ4n) is 4.21. The third kappa shape index (κ3) is 2.95. The van der Waals surface area contributed by atoms with Crippen molar-refractivity contribution in [3.63, 3.8) is 0 Å². The lowest BCUT2D eigenvalue weighted by Crippen LogP contribution is -2.40. The molecule has 1 amide bonds. The number of amides is 1. The van der Waals surface area contributed by atoms with Crippen molar-refractivity contribution in [3.05, 3.63) is 96.7 Å². The van der Waals surface area contributed by atoms with Gasteiger partial charge in [0, 0.05) is 11.3 Å². The first-order valence-corrected chi connectivity index (χ1v) is 11.0. The quantitative estimate of drug-likeness (QED) is 0.626. The number of esters is 1. The number of thiazole rings is 1. The van der Waals surface area contributed by atoms with E-state index >= 15 is 0 Å². The Bertz CT molecular complexity index is 1480. The van der Waals surface area contributed by atoms with E-state index in [1.807, 2.05) is 55.5 Å². The molecule has 32 heavy (non-hydrogen) atoms. The first kappa shape index (κ1) is 20.1. The van der Waals surface area contributed by atoms with Gasteiger partial charge in [0.2, 0.25) is 0 Å². The number of nitrogens with one attached hydrogen (secondary N) is 1. The molecule has 0 aliphatic carbocycles. The number of ether oxygens (including phenoxy) is 1. The van der Waals surface area contributed by atoms with Gasteiger partial charge in [-0.2, -0.15) is 0 Å². The Hall–Kier alpha value is -3.78. The van der Waals surface area contributed by atoms with Crippen LogP contribution in [0.3, 0.4) is 0 Å². The third-order valence-electron chi connectivity index (χ3n) is 5.64. The smallest absolute Gasteiger partial charge is 0.338 e. The van der Waals surface area contributed by atoms with Crippen LogP contribution < -0.4 is 20.2 Å². The molecule has 7 nitrogen and oxygen atoms in total. The molecule has 5 rings (SSSR count). The molecule has 2 aromatic carbocycles. The Morgan fingerprint density at radius 3 is 2.56 bits per heavy atom. The highest BCUT2D eigenvalue weighted by atomic mass is 32.1. The maximum absolute atomic E-state index is 13.7. The lowest BCUT2D eigenvalue weighted by Gasteiger charge is -2.25. The fourth-order valence-corrected chi connectivity index (χ4v) is 5.32. The summed E-state index contributed by atoms with van der Waals surface area (Å²) in [5.41, 5.74) is 2.99. The second-order valence-electron chi connectivity index (χ2n) is 7.39. The molecule has 0 spiro atoms. The van der Waals surface area contributed by atoms with E-state index < -0.39 is 12.0 Å². The Balaban J connectivity index is 1.87. The Labute approximate surface area is 187 Å². The van der Waals surface area contributed by atoms with E-state index in [1.165, 1.54) is 23.0 Å². The highest BCUT2D eigenvalue weighted by Gasteiger charge is 2.35. The van der Waals surface area contributed by atoms with Gasteiger partial charge >= 0.3 is 5.97 Å². The van der Waals surface area contributed by atoms with Crippen molar-refractivity contribution in [2.75, 3.05) is 12.4 Å². The van der Waals surface area contributed by atoms with Crippen molar-refractivity contribution in [2.24, 2.45) is 4.99 Å². The van der Waals surface area contributed by atoms with Crippen LogP contribution in [0.2, 0.25) is 0 Å². The molecule has 0 radical (unpaired) electrons. The van der Waals surface area contributed by atoms with Crippen molar-refractivity contribution < 1.29 is 14.3 Å². The SMILES string of the molecule is CCC1=C(C(=O)OC)[C@@H](c2ccccc2)n2c(s/c(=C3\C(=O)Nc4ccccc43)c2=O)=N1. The maximum atomic E-state index is 13.7. The number of hydrogen-bond donors (Lipinski definition) is 1. The van der Waals surface area contributed by atoms with Crippen molar-refractivity contribution in [3.8, 4) is 0 Å². The zero-order valence-electron chi connectivity index (χ0n) is 17.4. The molecular weight excluding hydrogens is 426 g/mol. The Morgan fingerprint density at radius 1 is 1.12 bits per heavy atom. The third-order valence-corrected chi connectivity index (χ3v) is 6.69. The van der Waals surface area contributed by atoms with Crippen LogP contribution in [0.4, 0.5) is 5.69 Å². The predicted octanol–water partition coefficient (Wildman–Crippen LogP) is 2.12. The van der Waals surface area contributed by atoms with Crippen LogP contribution in [0.5, 0.6) is 0 Å². The molecule has 0 saturated heterocycles. The number of benzene rings is 2. The van der Waals surface area contributed by atoms with E-state index in [0.717, 1.165) is 5.56 Å². The zero-order chi connectivity index (χ0) is 22.4. The van der Waals surface area contributed by atoms with Crippen molar-refractivity contribution in [1.29, 1.82) is 0 Å². The zero-order valence-corrected chi connectivity index (χ0v) is 18.2. The first-order chi connectivity index (χ1) is 15.5. The highest BCUT2D eigenvalue weighted by Crippen LogP contribution is 2.32. The normalized spacial score (nSPS) is 18.6. The van der Waals surface area contributed by atoms with Gasteiger partial charge in [0.15, 0.2) is 4.80 Å². The van der Waals surface area contributed by atoms with Gasteiger partial charge in [-0.3, -0.25) is 14.2 Å². The Kier molecular flexibility index (Phi) is 4.86. The van der Waals surface area contributed by atoms with Crippen LogP contribution in [0, 0.1) is 0 Å². The molecule has 2 aliphatic rings. The van der Waals surface area contributed by atoms with Gasteiger partial charge in [-0.25, -0.2) is 9.79 Å². The number of carbonyl (C=O) groups excluding carboxylic acids is 2. The minimum Gasteiger partial charge on any atom is -0.466 e. The summed E-state index contributed by atoms with van der Waals surface area (Å²) in [4.78, 5) is 44.4. The molecule has 2 aliphatic heterocycles. The summed E-state index contributed by atoms with van der Waals surface area (Å²) in [5, 5.41) is 2.82. The van der Waals surface area contributed by atoms with Crippen LogP contribution >= 0.6 is 11.3 Å². The van der Waals surface area contributed by atoms with Gasteiger partial charge in [-0.1, -0.05) is 66.8 Å². The minimum atomic E-state index is -0.691. The summed E-state index contributed by atoms with van der Waals surface area (Å²) >= 11 is 1.17. The van der Waals surface area contributed by atoms with Crippen LogP contribution in [0.1, 0.15) is 30.5 Å². The number of rotatable bonds is 3. The molecule has 1 atom stereocenters. The maximum Gasteiger partial charge on any atom is 0.338 e. The summed E-state index contributed by atoms with van der Waals surface area (Å²) in [6.45, 7) is 1.90. The number of anilines is 1. The van der Waals surface area contributed by atoms with Gasteiger partial charge in [0.1, 0.15) is 4.53 Å². The minimum absolute atomic E-state index is 0.300. The molecule has 3 aromatic rings. The molecule has 8 heteroatoms. The monoisotopic (exact) mass is 445 g/mol. The fraction of sp³-hybridized carbons (Fsp3) is 0.167. The lowest BCUT2D eigenvalue weighted by atomic mass is 9.95. The van der Waals surface area contributed by atoms with Gasteiger partial charge in [-0.15, -0.1) is 0 Å². The van der Waals surface area contributed by atoms with Gasteiger partial charge in [0.05, 0.1) is 30.0 Å². The number of nitrogens with zero attached hydrogens (tertiary/aromatic N) is 2. The van der Waals surface area contributed by atoms with Gasteiger partial charge in [-0.05, 0) is 18.1 Å². The first-order valence-electron chi connectivity index (χ1n) is 10.2. The molecule has 1 N–H and O–H groups in total. The topological polar surface area (TPSA) is 89.8 Å². The van der Waals surface area contributed by atoms with E-state index in [0.29, 0.717) is 43.8 Å².